The number of hydrogen-bond donors (Lipinski definition) is 0. The first-order valence-electron chi connectivity index (χ1n) is 11.9. The first-order chi connectivity index (χ1) is 16.1. The Morgan fingerprint density at radius 1 is 1.00 bits per heavy atom. The van der Waals surface area contributed by atoms with E-state index in [9.17, 15) is 5.26 Å². The third-order valence-corrected chi connectivity index (χ3v) is 6.77. The fourth-order valence-corrected chi connectivity index (χ4v) is 5.11. The van der Waals surface area contributed by atoms with Gasteiger partial charge in [-0.15, -0.1) is 0 Å². The number of hydrogen-bond acceptors (Lipinski definition) is 3. The first kappa shape index (κ1) is 21.3. The molecule has 0 spiro atoms. The van der Waals surface area contributed by atoms with Crippen LogP contribution >= 0.6 is 0 Å². The molecule has 0 amide bonds. The number of benzene rings is 3. The average molecular weight is 435 g/mol. The minimum atomic E-state index is -0.231. The van der Waals surface area contributed by atoms with Gasteiger partial charge in [0.25, 0.3) is 0 Å². The number of para-hydroxylation sites is 2. The molecule has 0 N–H and O–H groups in total. The van der Waals surface area contributed by atoms with Crippen molar-refractivity contribution in [3.8, 4) is 6.07 Å². The quantitative estimate of drug-likeness (QED) is 0.360. The summed E-state index contributed by atoms with van der Waals surface area (Å²) in [4.78, 5) is 7.20. The van der Waals surface area contributed by atoms with E-state index >= 15 is 0 Å². The molecule has 1 atom stereocenters. The third kappa shape index (κ3) is 3.78. The molecule has 33 heavy (non-hydrogen) atoms. The van der Waals surface area contributed by atoms with Gasteiger partial charge < -0.3 is 9.47 Å². The number of rotatable bonds is 5. The van der Waals surface area contributed by atoms with Crippen molar-refractivity contribution in [2.45, 2.75) is 59.0 Å². The molecule has 5 rings (SSSR count). The molecule has 4 nitrogen and oxygen atoms in total. The molecule has 0 saturated heterocycles. The van der Waals surface area contributed by atoms with E-state index in [0.29, 0.717) is 0 Å². The largest absolute Gasteiger partial charge is 0.325 e. The van der Waals surface area contributed by atoms with Gasteiger partial charge in [-0.25, -0.2) is 4.98 Å². The Labute approximate surface area is 196 Å². The van der Waals surface area contributed by atoms with E-state index in [1.165, 1.54) is 27.8 Å². The average Bonchev–Trinajstić information content (AvgIpc) is 3.08. The lowest BCUT2D eigenvalue weighted by Gasteiger charge is -2.29. The minimum Gasteiger partial charge on any atom is -0.325 e. The Morgan fingerprint density at radius 2 is 1.79 bits per heavy atom. The maximum absolute atomic E-state index is 9.76. The molecular weight excluding hydrogens is 404 g/mol. The highest BCUT2D eigenvalue weighted by atomic mass is 15.2. The Balaban J connectivity index is 1.57. The Bertz CT molecular complexity index is 1360. The molecule has 0 saturated carbocycles. The molecule has 4 aromatic rings. The number of nitriles is 1. The van der Waals surface area contributed by atoms with Crippen LogP contribution in [-0.4, -0.2) is 15.6 Å². The number of aryl methyl sites for hydroxylation is 4. The van der Waals surface area contributed by atoms with Crippen LogP contribution in [-0.2, 0) is 25.8 Å². The lowest BCUT2D eigenvalue weighted by molar-refractivity contribution is 0.721. The van der Waals surface area contributed by atoms with Gasteiger partial charge in [-0.1, -0.05) is 49.4 Å². The van der Waals surface area contributed by atoms with Gasteiger partial charge >= 0.3 is 0 Å². The number of anilines is 2. The summed E-state index contributed by atoms with van der Waals surface area (Å²) in [6.45, 7) is 7.14. The van der Waals surface area contributed by atoms with Gasteiger partial charge in [0.1, 0.15) is 11.9 Å². The van der Waals surface area contributed by atoms with Gasteiger partial charge in [-0.05, 0) is 73.6 Å². The lowest BCUT2D eigenvalue weighted by atomic mass is 10.0. The van der Waals surface area contributed by atoms with Gasteiger partial charge in [-0.2, -0.15) is 5.26 Å². The first-order valence-corrected chi connectivity index (χ1v) is 11.9. The van der Waals surface area contributed by atoms with E-state index in [2.05, 4.69) is 90.0 Å². The highest BCUT2D eigenvalue weighted by molar-refractivity contribution is 5.79. The van der Waals surface area contributed by atoms with Crippen LogP contribution < -0.4 is 4.90 Å². The fourth-order valence-electron chi connectivity index (χ4n) is 5.11. The molecule has 0 radical (unpaired) electrons. The van der Waals surface area contributed by atoms with Crippen molar-refractivity contribution in [2.75, 3.05) is 4.90 Å². The van der Waals surface area contributed by atoms with E-state index in [0.717, 1.165) is 54.9 Å². The van der Waals surface area contributed by atoms with Crippen LogP contribution in [0.1, 0.15) is 48.3 Å². The van der Waals surface area contributed by atoms with Crippen LogP contribution in [0, 0.1) is 18.3 Å². The summed E-state index contributed by atoms with van der Waals surface area (Å²) < 4.78 is 2.38. The summed E-state index contributed by atoms with van der Waals surface area (Å²) >= 11 is 0. The van der Waals surface area contributed by atoms with Crippen molar-refractivity contribution in [3.05, 3.63) is 88.7 Å². The predicted octanol–water partition coefficient (Wildman–Crippen LogP) is 6.49. The molecule has 0 fully saturated rings. The third-order valence-electron chi connectivity index (χ3n) is 6.77. The van der Waals surface area contributed by atoms with Crippen LogP contribution in [0.15, 0.2) is 60.7 Å². The molecule has 1 aromatic heterocycles. The second kappa shape index (κ2) is 8.75. The zero-order valence-electron chi connectivity index (χ0n) is 19.7. The maximum Gasteiger partial charge on any atom is 0.118 e. The zero-order chi connectivity index (χ0) is 22.9. The summed E-state index contributed by atoms with van der Waals surface area (Å²) in [5, 5.41) is 9.76. The van der Waals surface area contributed by atoms with Crippen LogP contribution in [0.2, 0.25) is 0 Å². The monoisotopic (exact) mass is 434 g/mol. The van der Waals surface area contributed by atoms with Crippen molar-refractivity contribution >= 4 is 22.4 Å². The highest BCUT2D eigenvalue weighted by Gasteiger charge is 2.25. The highest BCUT2D eigenvalue weighted by Crippen LogP contribution is 2.38. The second-order valence-electron chi connectivity index (χ2n) is 9.07. The summed E-state index contributed by atoms with van der Waals surface area (Å²) in [6, 6.07) is 23.9. The number of imidazole rings is 1. The SMILES string of the molecule is CCCc1nc2c(C)cccc2n1Cc1ccc2c(c1)CCc1ccccc1N2C(C)C#N. The van der Waals surface area contributed by atoms with Gasteiger partial charge in [-0.3, -0.25) is 0 Å². The van der Waals surface area contributed by atoms with Gasteiger partial charge in [0.15, 0.2) is 0 Å². The molecule has 0 bridgehead atoms. The zero-order valence-corrected chi connectivity index (χ0v) is 19.7. The molecule has 1 aliphatic heterocycles. The number of nitrogens with zero attached hydrogens (tertiary/aromatic N) is 4. The van der Waals surface area contributed by atoms with Crippen LogP contribution in [0.5, 0.6) is 0 Å². The van der Waals surface area contributed by atoms with Gasteiger partial charge in [0.05, 0.1) is 17.1 Å². The van der Waals surface area contributed by atoms with E-state index in [-0.39, 0.29) is 6.04 Å². The summed E-state index contributed by atoms with van der Waals surface area (Å²) in [5.41, 5.74) is 9.74. The van der Waals surface area contributed by atoms with Crippen LogP contribution in [0.25, 0.3) is 11.0 Å². The fraction of sp³-hybridized carbons (Fsp3) is 0.310. The van der Waals surface area contributed by atoms with Crippen molar-refractivity contribution in [1.29, 1.82) is 5.26 Å². The minimum absolute atomic E-state index is 0.231. The van der Waals surface area contributed by atoms with Crippen molar-refractivity contribution in [3.63, 3.8) is 0 Å². The van der Waals surface area contributed by atoms with Crippen LogP contribution in [0.3, 0.4) is 0 Å². The van der Waals surface area contributed by atoms with Crippen molar-refractivity contribution in [2.24, 2.45) is 0 Å². The smallest absolute Gasteiger partial charge is 0.118 e. The molecule has 1 aliphatic rings. The molecule has 4 heteroatoms. The molecule has 1 unspecified atom stereocenters. The van der Waals surface area contributed by atoms with E-state index in [1.54, 1.807) is 0 Å². The Hall–Kier alpha value is -3.58. The van der Waals surface area contributed by atoms with Gasteiger partial charge in [0.2, 0.25) is 0 Å². The molecule has 2 heterocycles. The van der Waals surface area contributed by atoms with Crippen molar-refractivity contribution < 1.29 is 0 Å². The number of fused-ring (bicyclic) bond motifs is 3. The maximum atomic E-state index is 9.76. The Morgan fingerprint density at radius 3 is 2.61 bits per heavy atom. The van der Waals surface area contributed by atoms with Crippen molar-refractivity contribution in [1.82, 2.24) is 9.55 Å². The van der Waals surface area contributed by atoms with Gasteiger partial charge in [0, 0.05) is 24.3 Å². The van der Waals surface area contributed by atoms with Crippen LogP contribution in [0.4, 0.5) is 11.4 Å². The van der Waals surface area contributed by atoms with E-state index in [1.807, 2.05) is 6.92 Å². The normalized spacial score (nSPS) is 13.8. The van der Waals surface area contributed by atoms with E-state index < -0.39 is 0 Å². The molecule has 3 aromatic carbocycles. The summed E-state index contributed by atoms with van der Waals surface area (Å²) in [7, 11) is 0. The Kier molecular flexibility index (Phi) is 5.64. The summed E-state index contributed by atoms with van der Waals surface area (Å²) in [5.74, 6) is 1.16. The van der Waals surface area contributed by atoms with E-state index in [4.69, 9.17) is 4.98 Å². The predicted molar refractivity (Wildman–Crippen MR) is 135 cm³/mol. The molecule has 166 valence electrons. The topological polar surface area (TPSA) is 44.9 Å². The standard InChI is InChI=1S/C29H30N4/c1-4-8-28-31-29-20(2)9-7-12-27(29)32(28)19-22-13-16-26-24(17-22)15-14-23-10-5-6-11-25(23)33(26)21(3)18-30/h5-7,9-13,16-17,21H,4,8,14-15,19H2,1-3H3. The molecule has 0 aliphatic carbocycles. The molecular formula is C29H30N4. The summed E-state index contributed by atoms with van der Waals surface area (Å²) in [6.07, 6.45) is 4.00. The second-order valence-corrected chi connectivity index (χ2v) is 9.07. The lowest BCUT2D eigenvalue weighted by Crippen LogP contribution is -2.27. The number of aromatic nitrogens is 2.